The van der Waals surface area contributed by atoms with Gasteiger partial charge in [0.1, 0.15) is 5.54 Å². The van der Waals surface area contributed by atoms with Crippen molar-refractivity contribution in [1.82, 2.24) is 5.32 Å². The minimum Gasteiger partial charge on any atom is -0.383 e. The highest BCUT2D eigenvalue weighted by atomic mass is 19.3. The van der Waals surface area contributed by atoms with E-state index < -0.39 is 12.0 Å². The van der Waals surface area contributed by atoms with Crippen molar-refractivity contribution >= 4 is 0 Å². The van der Waals surface area contributed by atoms with E-state index in [1.165, 1.54) is 7.11 Å². The number of nitrogens with one attached hydrogen (secondary N) is 1. The van der Waals surface area contributed by atoms with Crippen LogP contribution in [0.3, 0.4) is 0 Å². The molecule has 1 N–H and O–H groups in total. The average molecular weight is 207 g/mol. The van der Waals surface area contributed by atoms with Gasteiger partial charge >= 0.3 is 0 Å². The Hall–Kier alpha value is -0.220. The Morgan fingerprint density at radius 2 is 2.14 bits per heavy atom. The number of ether oxygens (including phenoxy) is 1. The second-order valence-electron chi connectivity index (χ2n) is 3.98. The first kappa shape index (κ1) is 11.9. The summed E-state index contributed by atoms with van der Waals surface area (Å²) in [6.07, 6.45) is 0.307. The molecule has 1 fully saturated rings. The molecule has 0 heterocycles. The zero-order valence-electron chi connectivity index (χ0n) is 8.85. The molecule has 1 saturated carbocycles. The van der Waals surface area contributed by atoms with E-state index in [0.29, 0.717) is 6.54 Å². The van der Waals surface area contributed by atoms with Crippen LogP contribution in [0.5, 0.6) is 0 Å². The Morgan fingerprint density at radius 1 is 1.50 bits per heavy atom. The third-order valence-electron chi connectivity index (χ3n) is 2.78. The van der Waals surface area contributed by atoms with Crippen molar-refractivity contribution in [3.8, 4) is 0 Å². The lowest BCUT2D eigenvalue weighted by atomic mass is 9.94. The SMILES string of the molecule is CCCNC(COC)(C(F)F)C1CC1. The number of hydrogen-bond donors (Lipinski definition) is 1. The number of rotatable bonds is 7. The third kappa shape index (κ3) is 2.42. The van der Waals surface area contributed by atoms with Crippen LogP contribution >= 0.6 is 0 Å². The molecule has 1 aliphatic carbocycles. The molecule has 1 rings (SSSR count). The standard InChI is InChI=1S/C10H19F2NO/c1-3-6-13-10(7-14-2,9(11)12)8-4-5-8/h8-9,13H,3-7H2,1-2H3. The Morgan fingerprint density at radius 3 is 2.50 bits per heavy atom. The van der Waals surface area contributed by atoms with Crippen molar-refractivity contribution < 1.29 is 13.5 Å². The smallest absolute Gasteiger partial charge is 0.259 e. The van der Waals surface area contributed by atoms with Crippen LogP contribution in [-0.4, -0.2) is 32.2 Å². The van der Waals surface area contributed by atoms with Crippen LogP contribution in [0.15, 0.2) is 0 Å². The maximum absolute atomic E-state index is 13.0. The van der Waals surface area contributed by atoms with Gasteiger partial charge in [-0.3, -0.25) is 0 Å². The lowest BCUT2D eigenvalue weighted by molar-refractivity contribution is -0.0310. The summed E-state index contributed by atoms with van der Waals surface area (Å²) in [4.78, 5) is 0. The number of hydrogen-bond acceptors (Lipinski definition) is 2. The Bertz CT molecular complexity index is 170. The number of methoxy groups -OCH3 is 1. The quantitative estimate of drug-likeness (QED) is 0.690. The summed E-state index contributed by atoms with van der Waals surface area (Å²) in [6, 6.07) is 0. The topological polar surface area (TPSA) is 21.3 Å². The highest BCUT2D eigenvalue weighted by Gasteiger charge is 2.51. The van der Waals surface area contributed by atoms with E-state index in [1.54, 1.807) is 0 Å². The van der Waals surface area contributed by atoms with E-state index in [0.717, 1.165) is 19.3 Å². The van der Waals surface area contributed by atoms with E-state index in [4.69, 9.17) is 4.74 Å². The summed E-state index contributed by atoms with van der Waals surface area (Å²) in [5, 5.41) is 2.97. The van der Waals surface area contributed by atoms with Crippen molar-refractivity contribution in [2.45, 2.75) is 38.2 Å². The summed E-state index contributed by atoms with van der Waals surface area (Å²) in [7, 11) is 1.48. The summed E-state index contributed by atoms with van der Waals surface area (Å²) in [5.74, 6) is 0.0917. The Balaban J connectivity index is 2.62. The summed E-state index contributed by atoms with van der Waals surface area (Å²) < 4.78 is 31.0. The maximum atomic E-state index is 13.0. The molecular weight excluding hydrogens is 188 g/mol. The average Bonchev–Trinajstić information content (AvgIpc) is 2.95. The molecule has 0 aromatic rings. The highest BCUT2D eigenvalue weighted by Crippen LogP contribution is 2.43. The van der Waals surface area contributed by atoms with E-state index in [-0.39, 0.29) is 12.5 Å². The molecule has 1 atom stereocenters. The predicted molar refractivity (Wildman–Crippen MR) is 51.6 cm³/mol. The van der Waals surface area contributed by atoms with Crippen LogP contribution in [0.25, 0.3) is 0 Å². The first-order valence-corrected chi connectivity index (χ1v) is 5.19. The zero-order chi connectivity index (χ0) is 10.6. The second kappa shape index (κ2) is 5.03. The fourth-order valence-corrected chi connectivity index (χ4v) is 1.83. The molecule has 0 aromatic heterocycles. The molecule has 2 nitrogen and oxygen atoms in total. The van der Waals surface area contributed by atoms with Crippen molar-refractivity contribution in [3.05, 3.63) is 0 Å². The Kier molecular flexibility index (Phi) is 4.26. The molecule has 0 aliphatic heterocycles. The predicted octanol–water partition coefficient (Wildman–Crippen LogP) is 2.05. The first-order chi connectivity index (χ1) is 6.67. The minimum atomic E-state index is -2.35. The van der Waals surface area contributed by atoms with Gasteiger partial charge in [0, 0.05) is 7.11 Å². The van der Waals surface area contributed by atoms with Crippen molar-refractivity contribution in [2.75, 3.05) is 20.3 Å². The fraction of sp³-hybridized carbons (Fsp3) is 1.00. The van der Waals surface area contributed by atoms with Gasteiger partial charge in [-0.1, -0.05) is 6.92 Å². The van der Waals surface area contributed by atoms with E-state index in [1.807, 2.05) is 6.92 Å². The summed E-state index contributed by atoms with van der Waals surface area (Å²) in [5.41, 5.74) is -1.09. The fourth-order valence-electron chi connectivity index (χ4n) is 1.83. The van der Waals surface area contributed by atoms with Crippen LogP contribution < -0.4 is 5.32 Å². The molecule has 0 radical (unpaired) electrons. The van der Waals surface area contributed by atoms with Crippen molar-refractivity contribution in [1.29, 1.82) is 0 Å². The highest BCUT2D eigenvalue weighted by molar-refractivity contribution is 5.03. The molecule has 0 amide bonds. The number of halogens is 2. The van der Waals surface area contributed by atoms with Crippen LogP contribution in [0.1, 0.15) is 26.2 Å². The van der Waals surface area contributed by atoms with Crippen LogP contribution in [0.4, 0.5) is 8.78 Å². The summed E-state index contributed by atoms with van der Waals surface area (Å²) in [6.45, 7) is 2.71. The lowest BCUT2D eigenvalue weighted by Crippen LogP contribution is -2.57. The van der Waals surface area contributed by atoms with Crippen LogP contribution in [0, 0.1) is 5.92 Å². The van der Waals surface area contributed by atoms with Gasteiger partial charge in [0.2, 0.25) is 0 Å². The van der Waals surface area contributed by atoms with Gasteiger partial charge in [-0.25, -0.2) is 8.78 Å². The summed E-state index contributed by atoms with van der Waals surface area (Å²) >= 11 is 0. The molecule has 0 bridgehead atoms. The maximum Gasteiger partial charge on any atom is 0.259 e. The molecule has 4 heteroatoms. The molecule has 0 saturated heterocycles. The molecule has 0 spiro atoms. The molecule has 1 aliphatic rings. The third-order valence-corrected chi connectivity index (χ3v) is 2.78. The first-order valence-electron chi connectivity index (χ1n) is 5.19. The van der Waals surface area contributed by atoms with Gasteiger partial charge in [-0.2, -0.15) is 0 Å². The van der Waals surface area contributed by atoms with Gasteiger partial charge in [0.05, 0.1) is 6.61 Å². The number of alkyl halides is 2. The van der Waals surface area contributed by atoms with Gasteiger partial charge in [-0.05, 0) is 31.7 Å². The van der Waals surface area contributed by atoms with Gasteiger partial charge < -0.3 is 10.1 Å². The lowest BCUT2D eigenvalue weighted by Gasteiger charge is -2.33. The van der Waals surface area contributed by atoms with E-state index in [9.17, 15) is 8.78 Å². The molecular formula is C10H19F2NO. The normalized spacial score (nSPS) is 21.2. The van der Waals surface area contributed by atoms with Gasteiger partial charge in [-0.15, -0.1) is 0 Å². The Labute approximate surface area is 84.0 Å². The van der Waals surface area contributed by atoms with Gasteiger partial charge in [0.15, 0.2) is 0 Å². The van der Waals surface area contributed by atoms with E-state index in [2.05, 4.69) is 5.32 Å². The minimum absolute atomic E-state index is 0.0917. The van der Waals surface area contributed by atoms with E-state index >= 15 is 0 Å². The zero-order valence-corrected chi connectivity index (χ0v) is 8.85. The second-order valence-corrected chi connectivity index (χ2v) is 3.98. The van der Waals surface area contributed by atoms with Crippen LogP contribution in [0.2, 0.25) is 0 Å². The van der Waals surface area contributed by atoms with Gasteiger partial charge in [0.25, 0.3) is 6.43 Å². The molecule has 84 valence electrons. The monoisotopic (exact) mass is 207 g/mol. The van der Waals surface area contributed by atoms with Crippen molar-refractivity contribution in [3.63, 3.8) is 0 Å². The largest absolute Gasteiger partial charge is 0.383 e. The van der Waals surface area contributed by atoms with Crippen LogP contribution in [-0.2, 0) is 4.74 Å². The van der Waals surface area contributed by atoms with Crippen molar-refractivity contribution in [2.24, 2.45) is 5.92 Å². The molecule has 0 aromatic carbocycles. The molecule has 1 unspecified atom stereocenters. The molecule has 14 heavy (non-hydrogen) atoms.